The second-order valence-corrected chi connectivity index (χ2v) is 6.60. The summed E-state index contributed by atoms with van der Waals surface area (Å²) in [6.07, 6.45) is -4.40. The number of nitrogens with one attached hydrogen (secondary N) is 3. The Morgan fingerprint density at radius 2 is 2.07 bits per heavy atom. The van der Waals surface area contributed by atoms with E-state index in [9.17, 15) is 22.8 Å². The highest BCUT2D eigenvalue weighted by molar-refractivity contribution is 6.05. The summed E-state index contributed by atoms with van der Waals surface area (Å²) in [5.41, 5.74) is 3.17. The van der Waals surface area contributed by atoms with Crippen molar-refractivity contribution in [1.29, 1.82) is 0 Å². The number of H-pyrrole nitrogens is 1. The van der Waals surface area contributed by atoms with Crippen LogP contribution in [0.25, 0.3) is 10.9 Å². The van der Waals surface area contributed by atoms with Gasteiger partial charge in [-0.2, -0.15) is 5.10 Å². The topological polar surface area (TPSA) is 90.1 Å². The van der Waals surface area contributed by atoms with Crippen molar-refractivity contribution < 1.29 is 22.8 Å². The number of halogens is 3. The quantitative estimate of drug-likeness (QED) is 0.552. The van der Waals surface area contributed by atoms with Crippen LogP contribution in [0.15, 0.2) is 42.6 Å². The summed E-state index contributed by atoms with van der Waals surface area (Å²) >= 11 is 0. The number of benzene rings is 2. The van der Waals surface area contributed by atoms with Gasteiger partial charge in [0.25, 0.3) is 12.3 Å². The zero-order valence-electron chi connectivity index (χ0n) is 15.0. The lowest BCUT2D eigenvalue weighted by atomic mass is 10.1. The Bertz CT molecular complexity index is 1080. The highest BCUT2D eigenvalue weighted by atomic mass is 19.3. The number of hydrogen-bond acceptors (Lipinski definition) is 4. The van der Waals surface area contributed by atoms with Crippen LogP contribution in [0.5, 0.6) is 0 Å². The van der Waals surface area contributed by atoms with Crippen LogP contribution >= 0.6 is 0 Å². The number of anilines is 2. The molecule has 2 amide bonds. The Balaban J connectivity index is 1.51. The first kappa shape index (κ1) is 18.8. The van der Waals surface area contributed by atoms with Gasteiger partial charge in [-0.05, 0) is 29.8 Å². The van der Waals surface area contributed by atoms with E-state index in [0.29, 0.717) is 16.8 Å². The Morgan fingerprint density at radius 1 is 1.24 bits per heavy atom. The summed E-state index contributed by atoms with van der Waals surface area (Å²) in [5.74, 6) is -1.42. The van der Waals surface area contributed by atoms with Crippen molar-refractivity contribution in [3.63, 3.8) is 0 Å². The first-order valence-corrected chi connectivity index (χ1v) is 8.75. The third kappa shape index (κ3) is 3.73. The van der Waals surface area contributed by atoms with E-state index in [0.717, 1.165) is 16.6 Å². The molecule has 1 aliphatic rings. The van der Waals surface area contributed by atoms with Crippen molar-refractivity contribution in [2.45, 2.75) is 19.3 Å². The molecule has 0 fully saturated rings. The highest BCUT2D eigenvalue weighted by Gasteiger charge is 2.32. The van der Waals surface area contributed by atoms with Crippen LogP contribution in [0.2, 0.25) is 0 Å². The Kier molecular flexibility index (Phi) is 4.83. The fraction of sp³-hybridized carbons (Fsp3) is 0.211. The molecule has 0 saturated carbocycles. The molecule has 1 atom stereocenters. The number of alkyl halides is 3. The normalized spacial score (nSPS) is 14.3. The molecule has 2 heterocycles. The molecule has 4 rings (SSSR count). The van der Waals surface area contributed by atoms with E-state index in [4.69, 9.17) is 0 Å². The van der Waals surface area contributed by atoms with Gasteiger partial charge in [0.15, 0.2) is 0 Å². The van der Waals surface area contributed by atoms with Gasteiger partial charge in [0.2, 0.25) is 12.2 Å². The van der Waals surface area contributed by atoms with E-state index < -0.39 is 31.1 Å². The maximum Gasteiger partial charge on any atom is 0.287 e. The Labute approximate surface area is 162 Å². The standard InChI is InChI=1S/C19H16F3N5O2/c20-17(21)18(22)25-15(28)9-27-8-11-2-1-3-13(16(11)19(27)29)24-12-5-4-10-7-23-26-14(10)6-12/h1-7,17-18,24H,8-9H2,(H,23,26)(H,25,28). The summed E-state index contributed by atoms with van der Waals surface area (Å²) in [6, 6.07) is 10.8. The molecule has 0 saturated heterocycles. The van der Waals surface area contributed by atoms with E-state index >= 15 is 0 Å². The molecule has 29 heavy (non-hydrogen) atoms. The highest BCUT2D eigenvalue weighted by Crippen LogP contribution is 2.31. The number of aromatic amines is 1. The number of nitrogens with zero attached hydrogens (tertiary/aromatic N) is 2. The molecule has 3 aromatic rings. The van der Waals surface area contributed by atoms with Crippen molar-refractivity contribution in [1.82, 2.24) is 20.4 Å². The van der Waals surface area contributed by atoms with Crippen molar-refractivity contribution in [3.05, 3.63) is 53.7 Å². The molecule has 2 aromatic carbocycles. The summed E-state index contributed by atoms with van der Waals surface area (Å²) in [7, 11) is 0. The third-order valence-electron chi connectivity index (χ3n) is 4.59. The zero-order chi connectivity index (χ0) is 20.5. The minimum Gasteiger partial charge on any atom is -0.355 e. The molecule has 1 unspecified atom stereocenters. The van der Waals surface area contributed by atoms with Crippen molar-refractivity contribution >= 4 is 34.1 Å². The molecule has 1 aromatic heterocycles. The average molecular weight is 403 g/mol. The van der Waals surface area contributed by atoms with Crippen LogP contribution in [0.3, 0.4) is 0 Å². The van der Waals surface area contributed by atoms with Gasteiger partial charge in [0, 0.05) is 17.6 Å². The van der Waals surface area contributed by atoms with E-state index in [-0.39, 0.29) is 6.54 Å². The van der Waals surface area contributed by atoms with Gasteiger partial charge < -0.3 is 15.5 Å². The first-order chi connectivity index (χ1) is 13.9. The van der Waals surface area contributed by atoms with Crippen LogP contribution in [-0.4, -0.2) is 46.2 Å². The van der Waals surface area contributed by atoms with Crippen LogP contribution in [-0.2, 0) is 11.3 Å². The minimum atomic E-state index is -3.33. The van der Waals surface area contributed by atoms with Crippen LogP contribution in [0, 0.1) is 0 Å². The molecule has 7 nitrogen and oxygen atoms in total. The van der Waals surface area contributed by atoms with Crippen LogP contribution in [0.1, 0.15) is 15.9 Å². The van der Waals surface area contributed by atoms with Crippen LogP contribution in [0.4, 0.5) is 24.5 Å². The van der Waals surface area contributed by atoms with E-state index in [1.807, 2.05) is 18.2 Å². The van der Waals surface area contributed by atoms with E-state index in [1.165, 1.54) is 4.90 Å². The Morgan fingerprint density at radius 3 is 2.86 bits per heavy atom. The number of amides is 2. The third-order valence-corrected chi connectivity index (χ3v) is 4.59. The number of fused-ring (bicyclic) bond motifs is 2. The van der Waals surface area contributed by atoms with Gasteiger partial charge in [0.05, 0.1) is 23.0 Å². The molecule has 150 valence electrons. The molecule has 0 radical (unpaired) electrons. The van der Waals surface area contributed by atoms with Gasteiger partial charge in [-0.1, -0.05) is 12.1 Å². The molecule has 0 bridgehead atoms. The summed E-state index contributed by atoms with van der Waals surface area (Å²) in [4.78, 5) is 25.7. The fourth-order valence-corrected chi connectivity index (χ4v) is 3.26. The number of rotatable bonds is 6. The molecule has 1 aliphatic heterocycles. The largest absolute Gasteiger partial charge is 0.355 e. The number of aromatic nitrogens is 2. The van der Waals surface area contributed by atoms with Crippen molar-refractivity contribution in [3.8, 4) is 0 Å². The lowest BCUT2D eigenvalue weighted by Gasteiger charge is -2.17. The van der Waals surface area contributed by atoms with E-state index in [2.05, 4.69) is 15.5 Å². The molecular formula is C19H16F3N5O2. The van der Waals surface area contributed by atoms with Crippen molar-refractivity contribution in [2.75, 3.05) is 11.9 Å². The fourth-order valence-electron chi connectivity index (χ4n) is 3.26. The number of carbonyl (C=O) groups is 2. The lowest BCUT2D eigenvalue weighted by molar-refractivity contribution is -0.125. The average Bonchev–Trinajstić information content (AvgIpc) is 3.26. The molecule has 3 N–H and O–H groups in total. The maximum absolute atomic E-state index is 13.0. The van der Waals surface area contributed by atoms with Gasteiger partial charge >= 0.3 is 0 Å². The van der Waals surface area contributed by atoms with Gasteiger partial charge in [-0.25, -0.2) is 13.2 Å². The SMILES string of the molecule is O=C(CN1Cc2cccc(Nc3ccc4cn[nH]c4c3)c2C1=O)NC(F)C(F)F. The number of hydrogen-bond donors (Lipinski definition) is 3. The van der Waals surface area contributed by atoms with Crippen LogP contribution < -0.4 is 10.6 Å². The molecule has 10 heteroatoms. The predicted octanol–water partition coefficient (Wildman–Crippen LogP) is 2.94. The summed E-state index contributed by atoms with van der Waals surface area (Å²) in [6.45, 7) is -0.386. The van der Waals surface area contributed by atoms with E-state index in [1.54, 1.807) is 29.7 Å². The van der Waals surface area contributed by atoms with Crippen molar-refractivity contribution in [2.24, 2.45) is 0 Å². The molecular weight excluding hydrogens is 387 g/mol. The van der Waals surface area contributed by atoms with Gasteiger partial charge in [0.1, 0.15) is 6.54 Å². The second kappa shape index (κ2) is 7.46. The van der Waals surface area contributed by atoms with Gasteiger partial charge in [-0.15, -0.1) is 0 Å². The van der Waals surface area contributed by atoms with Gasteiger partial charge in [-0.3, -0.25) is 14.7 Å². The Hall–Kier alpha value is -3.56. The summed E-state index contributed by atoms with van der Waals surface area (Å²) < 4.78 is 37.5. The molecule has 0 spiro atoms. The maximum atomic E-state index is 13.0. The predicted molar refractivity (Wildman–Crippen MR) is 99.6 cm³/mol. The lowest BCUT2D eigenvalue weighted by Crippen LogP contribution is -2.43. The number of carbonyl (C=O) groups excluding carboxylic acids is 2. The molecule has 0 aliphatic carbocycles. The summed E-state index contributed by atoms with van der Waals surface area (Å²) in [5, 5.41) is 12.5. The minimum absolute atomic E-state index is 0.127. The second-order valence-electron chi connectivity index (χ2n) is 6.60. The zero-order valence-corrected chi connectivity index (χ0v) is 15.0. The monoisotopic (exact) mass is 403 g/mol. The smallest absolute Gasteiger partial charge is 0.287 e. The first-order valence-electron chi connectivity index (χ1n) is 8.75.